The fourth-order valence-corrected chi connectivity index (χ4v) is 3.21. The molecule has 0 heterocycles. The molecule has 5 heteroatoms. The zero-order chi connectivity index (χ0) is 12.3. The molecule has 2 N–H and O–H groups in total. The van der Waals surface area contributed by atoms with Gasteiger partial charge in [-0.15, -0.1) is 0 Å². The van der Waals surface area contributed by atoms with Crippen molar-refractivity contribution in [3.63, 3.8) is 0 Å². The van der Waals surface area contributed by atoms with Gasteiger partial charge in [0.05, 0.1) is 12.4 Å². The molecule has 0 aromatic carbocycles. The molecule has 0 radical (unpaired) electrons. The SMILES string of the molecule is CC(C)(C)CC(C)(C)NS(=O)(=O)CCO. The van der Waals surface area contributed by atoms with Crippen molar-refractivity contribution in [3.8, 4) is 0 Å². The third kappa shape index (κ3) is 7.76. The number of rotatable bonds is 5. The summed E-state index contributed by atoms with van der Waals surface area (Å²) in [5, 5.41) is 8.61. The minimum absolute atomic E-state index is 0.0607. The summed E-state index contributed by atoms with van der Waals surface area (Å²) in [7, 11) is -3.36. The van der Waals surface area contributed by atoms with Crippen molar-refractivity contribution in [2.45, 2.75) is 46.6 Å². The summed E-state index contributed by atoms with van der Waals surface area (Å²) in [5.74, 6) is -0.236. The van der Waals surface area contributed by atoms with Crippen LogP contribution in [0, 0.1) is 5.41 Å². The van der Waals surface area contributed by atoms with Crippen LogP contribution in [0.4, 0.5) is 0 Å². The molecule has 0 aliphatic carbocycles. The predicted molar refractivity (Wildman–Crippen MR) is 62.2 cm³/mol. The lowest BCUT2D eigenvalue weighted by atomic mass is 9.82. The van der Waals surface area contributed by atoms with Crippen LogP contribution in [0.2, 0.25) is 0 Å². The lowest BCUT2D eigenvalue weighted by Gasteiger charge is -2.32. The molecule has 4 nitrogen and oxygen atoms in total. The number of aliphatic hydroxyl groups excluding tert-OH is 1. The fraction of sp³-hybridized carbons (Fsp3) is 1.00. The second-order valence-electron chi connectivity index (χ2n) is 5.77. The van der Waals surface area contributed by atoms with Crippen LogP contribution in [0.5, 0.6) is 0 Å². The number of aliphatic hydroxyl groups is 1. The number of hydrogen-bond donors (Lipinski definition) is 2. The summed E-state index contributed by atoms with van der Waals surface area (Å²) in [6, 6.07) is 0. The van der Waals surface area contributed by atoms with Crippen LogP contribution in [0.15, 0.2) is 0 Å². The van der Waals surface area contributed by atoms with E-state index in [1.54, 1.807) is 0 Å². The maximum Gasteiger partial charge on any atom is 0.214 e. The number of nitrogens with one attached hydrogen (secondary N) is 1. The Morgan fingerprint density at radius 2 is 1.60 bits per heavy atom. The van der Waals surface area contributed by atoms with Gasteiger partial charge in [-0.2, -0.15) is 0 Å². The van der Waals surface area contributed by atoms with E-state index in [0.29, 0.717) is 0 Å². The van der Waals surface area contributed by atoms with Crippen molar-refractivity contribution >= 4 is 10.0 Å². The maximum atomic E-state index is 11.5. The summed E-state index contributed by atoms with van der Waals surface area (Å²) in [5.41, 5.74) is -0.419. The lowest BCUT2D eigenvalue weighted by Crippen LogP contribution is -2.46. The second-order valence-corrected chi connectivity index (χ2v) is 7.61. The Balaban J connectivity index is 4.51. The van der Waals surface area contributed by atoms with Crippen LogP contribution in [-0.4, -0.2) is 31.4 Å². The quantitative estimate of drug-likeness (QED) is 0.753. The van der Waals surface area contributed by atoms with Crippen molar-refractivity contribution in [3.05, 3.63) is 0 Å². The van der Waals surface area contributed by atoms with Crippen LogP contribution >= 0.6 is 0 Å². The van der Waals surface area contributed by atoms with E-state index in [4.69, 9.17) is 5.11 Å². The zero-order valence-electron chi connectivity index (χ0n) is 10.3. The van der Waals surface area contributed by atoms with Gasteiger partial charge in [-0.3, -0.25) is 0 Å². The molecule has 0 spiro atoms. The molecule has 15 heavy (non-hydrogen) atoms. The molecule has 92 valence electrons. The maximum absolute atomic E-state index is 11.5. The summed E-state index contributed by atoms with van der Waals surface area (Å²) in [4.78, 5) is 0. The highest BCUT2D eigenvalue weighted by molar-refractivity contribution is 7.89. The molecule has 0 aliphatic heterocycles. The Morgan fingerprint density at radius 1 is 1.13 bits per heavy atom. The van der Waals surface area contributed by atoms with Gasteiger partial charge in [-0.1, -0.05) is 20.8 Å². The van der Waals surface area contributed by atoms with E-state index in [0.717, 1.165) is 6.42 Å². The Morgan fingerprint density at radius 3 is 1.93 bits per heavy atom. The van der Waals surface area contributed by atoms with Crippen molar-refractivity contribution < 1.29 is 13.5 Å². The summed E-state index contributed by atoms with van der Waals surface area (Å²) < 4.78 is 25.5. The first-order valence-electron chi connectivity index (χ1n) is 5.10. The van der Waals surface area contributed by atoms with Gasteiger partial charge >= 0.3 is 0 Å². The van der Waals surface area contributed by atoms with E-state index in [1.807, 2.05) is 13.8 Å². The number of hydrogen-bond acceptors (Lipinski definition) is 3. The normalized spacial score (nSPS) is 14.3. The van der Waals surface area contributed by atoms with Crippen molar-refractivity contribution in [1.29, 1.82) is 0 Å². The molecule has 0 saturated carbocycles. The molecule has 0 fully saturated rings. The highest BCUT2D eigenvalue weighted by atomic mass is 32.2. The van der Waals surface area contributed by atoms with Gasteiger partial charge < -0.3 is 5.11 Å². The zero-order valence-corrected chi connectivity index (χ0v) is 11.1. The second kappa shape index (κ2) is 4.80. The summed E-state index contributed by atoms with van der Waals surface area (Å²) in [6.45, 7) is 9.56. The first-order valence-corrected chi connectivity index (χ1v) is 6.75. The lowest BCUT2D eigenvalue weighted by molar-refractivity contribution is 0.268. The first-order chi connectivity index (χ1) is 6.47. The molecule has 0 unspecified atom stereocenters. The van der Waals surface area contributed by atoms with Gasteiger partial charge in [0, 0.05) is 5.54 Å². The molecule has 0 atom stereocenters. The fourth-order valence-electron chi connectivity index (χ4n) is 1.95. The molecule has 0 rings (SSSR count). The molecule has 0 aliphatic rings. The minimum atomic E-state index is -3.36. The van der Waals surface area contributed by atoms with Crippen LogP contribution in [0.25, 0.3) is 0 Å². The van der Waals surface area contributed by atoms with Gasteiger partial charge in [-0.05, 0) is 25.7 Å². The van der Waals surface area contributed by atoms with Crippen LogP contribution in [-0.2, 0) is 10.0 Å². The van der Waals surface area contributed by atoms with E-state index in [-0.39, 0.29) is 17.8 Å². The first kappa shape index (κ1) is 14.9. The Hall–Kier alpha value is -0.130. The third-order valence-electron chi connectivity index (χ3n) is 1.76. The van der Waals surface area contributed by atoms with Crippen LogP contribution in [0.1, 0.15) is 41.0 Å². The monoisotopic (exact) mass is 237 g/mol. The van der Waals surface area contributed by atoms with Gasteiger partial charge in [0.15, 0.2) is 0 Å². The summed E-state index contributed by atoms with van der Waals surface area (Å²) in [6.07, 6.45) is 0.741. The van der Waals surface area contributed by atoms with E-state index < -0.39 is 15.6 Å². The largest absolute Gasteiger partial charge is 0.395 e. The molecular formula is C10H23NO3S. The Kier molecular flexibility index (Phi) is 4.76. The van der Waals surface area contributed by atoms with Crippen LogP contribution < -0.4 is 4.72 Å². The molecule has 0 aromatic rings. The highest BCUT2D eigenvalue weighted by Gasteiger charge is 2.29. The van der Waals surface area contributed by atoms with Gasteiger partial charge in [0.25, 0.3) is 0 Å². The average molecular weight is 237 g/mol. The molecule has 0 amide bonds. The van der Waals surface area contributed by atoms with Crippen molar-refractivity contribution in [2.75, 3.05) is 12.4 Å². The van der Waals surface area contributed by atoms with E-state index >= 15 is 0 Å². The third-order valence-corrected chi connectivity index (χ3v) is 3.35. The van der Waals surface area contributed by atoms with E-state index in [2.05, 4.69) is 25.5 Å². The smallest absolute Gasteiger partial charge is 0.214 e. The van der Waals surface area contributed by atoms with Crippen molar-refractivity contribution in [1.82, 2.24) is 4.72 Å². The number of sulfonamides is 1. The highest BCUT2D eigenvalue weighted by Crippen LogP contribution is 2.27. The molecule has 0 aromatic heterocycles. The van der Waals surface area contributed by atoms with E-state index in [1.165, 1.54) is 0 Å². The molecule has 0 bridgehead atoms. The van der Waals surface area contributed by atoms with Gasteiger partial charge in [0.1, 0.15) is 0 Å². The van der Waals surface area contributed by atoms with Crippen molar-refractivity contribution in [2.24, 2.45) is 5.41 Å². The topological polar surface area (TPSA) is 66.4 Å². The predicted octanol–water partition coefficient (Wildman–Crippen LogP) is 1.11. The van der Waals surface area contributed by atoms with E-state index in [9.17, 15) is 8.42 Å². The van der Waals surface area contributed by atoms with Gasteiger partial charge in [0.2, 0.25) is 10.0 Å². The average Bonchev–Trinajstić information content (AvgIpc) is 1.74. The van der Waals surface area contributed by atoms with Gasteiger partial charge in [-0.25, -0.2) is 13.1 Å². The summed E-state index contributed by atoms with van der Waals surface area (Å²) >= 11 is 0. The van der Waals surface area contributed by atoms with Crippen LogP contribution in [0.3, 0.4) is 0 Å². The Labute approximate surface area is 93.1 Å². The Bertz CT molecular complexity index is 288. The molecular weight excluding hydrogens is 214 g/mol. The minimum Gasteiger partial charge on any atom is -0.395 e. The molecule has 0 saturated heterocycles. The standard InChI is InChI=1S/C10H23NO3S/c1-9(2,3)8-10(4,5)11-15(13,14)7-6-12/h11-12H,6-8H2,1-5H3.